The molecular weight excluding hydrogens is 362 g/mol. The maximum Gasteiger partial charge on any atom is 0.210 e. The maximum atomic E-state index is 6.62. The molecule has 1 aromatic heterocycles. The van der Waals surface area contributed by atoms with E-state index in [1.54, 1.807) is 18.6 Å². The summed E-state index contributed by atoms with van der Waals surface area (Å²) in [6.45, 7) is 6.44. The van der Waals surface area contributed by atoms with Crippen LogP contribution in [-0.2, 0) is 5.79 Å². The Balaban J connectivity index is 1.35. The molecule has 7 nitrogen and oxygen atoms in total. The predicted molar refractivity (Wildman–Crippen MR) is 117 cm³/mol. The Morgan fingerprint density at radius 2 is 1.93 bits per heavy atom. The Labute approximate surface area is 172 Å². The normalized spacial score (nSPS) is 22.0. The van der Waals surface area contributed by atoms with Crippen molar-refractivity contribution in [3.05, 3.63) is 66.3 Å². The topological polar surface area (TPSA) is 90.6 Å². The predicted octanol–water partition coefficient (Wildman–Crippen LogP) is 1.22. The van der Waals surface area contributed by atoms with Crippen molar-refractivity contribution in [2.75, 3.05) is 39.3 Å². The Hall–Kier alpha value is -2.74. The summed E-state index contributed by atoms with van der Waals surface area (Å²) in [4.78, 5) is 11.1. The first-order chi connectivity index (χ1) is 14.2. The maximum absolute atomic E-state index is 6.62. The van der Waals surface area contributed by atoms with Gasteiger partial charge in [-0.1, -0.05) is 18.2 Å². The summed E-state index contributed by atoms with van der Waals surface area (Å²) in [5, 5.41) is 10.2. The summed E-state index contributed by atoms with van der Waals surface area (Å²) in [6.07, 6.45) is 8.38. The van der Waals surface area contributed by atoms with Gasteiger partial charge in [0.05, 0.1) is 0 Å². The summed E-state index contributed by atoms with van der Waals surface area (Å²) in [6, 6.07) is 12.1. The summed E-state index contributed by atoms with van der Waals surface area (Å²) in [5.74, 6) is -0.0873. The van der Waals surface area contributed by atoms with Crippen molar-refractivity contribution in [3.8, 4) is 11.1 Å². The van der Waals surface area contributed by atoms with Gasteiger partial charge >= 0.3 is 0 Å². The van der Waals surface area contributed by atoms with Gasteiger partial charge in [-0.25, -0.2) is 4.99 Å². The van der Waals surface area contributed by atoms with Gasteiger partial charge in [-0.3, -0.25) is 10.7 Å². The van der Waals surface area contributed by atoms with Crippen LogP contribution in [0.2, 0.25) is 0 Å². The van der Waals surface area contributed by atoms with E-state index in [9.17, 15) is 0 Å². The summed E-state index contributed by atoms with van der Waals surface area (Å²) in [7, 11) is 0. The first kappa shape index (κ1) is 19.6. The molecule has 0 saturated carbocycles. The number of nitrogens with two attached hydrogens (primary N) is 1. The number of piperazine rings is 1. The lowest BCUT2D eigenvalue weighted by atomic mass is 10.0. The first-order valence-electron chi connectivity index (χ1n) is 10.2. The highest BCUT2D eigenvalue weighted by molar-refractivity contribution is 5.74. The molecule has 0 spiro atoms. The molecule has 0 aliphatic carbocycles. The van der Waals surface area contributed by atoms with E-state index in [0.717, 1.165) is 68.2 Å². The van der Waals surface area contributed by atoms with Crippen LogP contribution in [0.5, 0.6) is 0 Å². The number of allylic oxidation sites excluding steroid dienone is 1. The van der Waals surface area contributed by atoms with Crippen LogP contribution in [-0.4, -0.2) is 55.4 Å². The van der Waals surface area contributed by atoms with Crippen molar-refractivity contribution in [2.45, 2.75) is 12.2 Å². The van der Waals surface area contributed by atoms with E-state index in [4.69, 9.17) is 5.73 Å². The van der Waals surface area contributed by atoms with Crippen LogP contribution in [0.1, 0.15) is 12.0 Å². The highest BCUT2D eigenvalue weighted by atomic mass is 15.3. The minimum absolute atomic E-state index is 0.893. The smallest absolute Gasteiger partial charge is 0.210 e. The van der Waals surface area contributed by atoms with Crippen molar-refractivity contribution in [1.29, 1.82) is 0 Å². The SMILES string of the molecule is NC1(c2cccc(-c3ccncc3)c2)N=CC=C(NCCCN2CCNCC2)N1. The lowest BCUT2D eigenvalue weighted by Gasteiger charge is -2.32. The number of benzene rings is 1. The van der Waals surface area contributed by atoms with Crippen LogP contribution >= 0.6 is 0 Å². The van der Waals surface area contributed by atoms with Crippen LogP contribution < -0.4 is 21.7 Å². The molecule has 7 heteroatoms. The molecule has 0 radical (unpaired) electrons. The number of aliphatic imine (C=N–C) groups is 1. The molecule has 1 fully saturated rings. The van der Waals surface area contributed by atoms with Gasteiger partial charge in [0.25, 0.3) is 0 Å². The van der Waals surface area contributed by atoms with Crippen molar-refractivity contribution >= 4 is 6.21 Å². The van der Waals surface area contributed by atoms with Gasteiger partial charge in [0.2, 0.25) is 5.79 Å². The third kappa shape index (κ3) is 5.00. The lowest BCUT2D eigenvalue weighted by molar-refractivity contribution is 0.238. The summed E-state index contributed by atoms with van der Waals surface area (Å²) < 4.78 is 0. The molecule has 2 aliphatic rings. The van der Waals surface area contributed by atoms with Crippen molar-refractivity contribution in [1.82, 2.24) is 25.8 Å². The highest BCUT2D eigenvalue weighted by Gasteiger charge is 2.28. The van der Waals surface area contributed by atoms with Crippen LogP contribution in [0, 0.1) is 0 Å². The van der Waals surface area contributed by atoms with E-state index in [0.29, 0.717) is 0 Å². The zero-order valence-corrected chi connectivity index (χ0v) is 16.6. The van der Waals surface area contributed by atoms with Crippen LogP contribution in [0.15, 0.2) is 65.7 Å². The minimum Gasteiger partial charge on any atom is -0.372 e. The largest absolute Gasteiger partial charge is 0.372 e. The van der Waals surface area contributed by atoms with E-state index in [1.165, 1.54) is 0 Å². The second-order valence-corrected chi connectivity index (χ2v) is 7.44. The van der Waals surface area contributed by atoms with Crippen molar-refractivity contribution in [3.63, 3.8) is 0 Å². The molecule has 0 bridgehead atoms. The second kappa shape index (κ2) is 9.17. The standard InChI is InChI=1S/C22H29N7/c23-22(20-4-1-3-19(17-20)18-5-9-24-10-6-18)27-11-7-21(28-22)26-8-2-14-29-15-12-25-13-16-29/h1,3-7,9-11,17,25-26,28H,2,8,12-16,23H2. The molecular formula is C22H29N7. The van der Waals surface area contributed by atoms with Gasteiger partial charge in [0.1, 0.15) is 5.82 Å². The molecule has 1 atom stereocenters. The monoisotopic (exact) mass is 391 g/mol. The zero-order chi connectivity index (χ0) is 19.9. The number of nitrogens with zero attached hydrogens (tertiary/aromatic N) is 3. The van der Waals surface area contributed by atoms with E-state index >= 15 is 0 Å². The minimum atomic E-state index is -0.987. The van der Waals surface area contributed by atoms with Crippen LogP contribution in [0.3, 0.4) is 0 Å². The Bertz CT molecular complexity index is 858. The molecule has 2 aliphatic heterocycles. The van der Waals surface area contributed by atoms with E-state index in [1.807, 2.05) is 30.3 Å². The van der Waals surface area contributed by atoms with E-state index in [-0.39, 0.29) is 0 Å². The van der Waals surface area contributed by atoms with E-state index < -0.39 is 5.79 Å². The molecule has 29 heavy (non-hydrogen) atoms. The zero-order valence-electron chi connectivity index (χ0n) is 16.6. The molecule has 5 N–H and O–H groups in total. The van der Waals surface area contributed by atoms with Crippen LogP contribution in [0.4, 0.5) is 0 Å². The lowest BCUT2D eigenvalue weighted by Crippen LogP contribution is -2.52. The molecule has 2 aromatic rings. The molecule has 1 saturated heterocycles. The third-order valence-electron chi connectivity index (χ3n) is 5.34. The van der Waals surface area contributed by atoms with E-state index in [2.05, 4.69) is 43.0 Å². The van der Waals surface area contributed by atoms with Crippen molar-refractivity contribution < 1.29 is 0 Å². The average molecular weight is 392 g/mol. The third-order valence-corrected chi connectivity index (χ3v) is 5.34. The number of hydrogen-bond acceptors (Lipinski definition) is 7. The molecule has 3 heterocycles. The Morgan fingerprint density at radius 1 is 1.10 bits per heavy atom. The second-order valence-electron chi connectivity index (χ2n) is 7.44. The van der Waals surface area contributed by atoms with Gasteiger partial charge < -0.3 is 20.9 Å². The molecule has 4 rings (SSSR count). The van der Waals surface area contributed by atoms with Gasteiger partial charge in [-0.2, -0.15) is 0 Å². The number of rotatable bonds is 7. The molecule has 0 amide bonds. The average Bonchev–Trinajstić information content (AvgIpc) is 2.78. The van der Waals surface area contributed by atoms with Crippen molar-refractivity contribution in [2.24, 2.45) is 10.7 Å². The Kier molecular flexibility index (Phi) is 6.19. The number of pyridine rings is 1. The quantitative estimate of drug-likeness (QED) is 0.531. The molecule has 1 aromatic carbocycles. The fraction of sp³-hybridized carbons (Fsp3) is 0.364. The fourth-order valence-electron chi connectivity index (χ4n) is 3.70. The molecule has 152 valence electrons. The first-order valence-corrected chi connectivity index (χ1v) is 10.2. The summed E-state index contributed by atoms with van der Waals surface area (Å²) >= 11 is 0. The molecule has 1 unspecified atom stereocenters. The number of hydrogen-bond donors (Lipinski definition) is 4. The summed E-state index contributed by atoms with van der Waals surface area (Å²) in [5.41, 5.74) is 9.73. The Morgan fingerprint density at radius 3 is 2.76 bits per heavy atom. The fourth-order valence-corrected chi connectivity index (χ4v) is 3.70. The number of nitrogens with one attached hydrogen (secondary N) is 3. The van der Waals surface area contributed by atoms with Gasteiger partial charge in [0, 0.05) is 56.9 Å². The van der Waals surface area contributed by atoms with Gasteiger partial charge in [-0.05, 0) is 48.4 Å². The van der Waals surface area contributed by atoms with Gasteiger partial charge in [-0.15, -0.1) is 0 Å². The van der Waals surface area contributed by atoms with Crippen LogP contribution in [0.25, 0.3) is 11.1 Å². The van der Waals surface area contributed by atoms with Gasteiger partial charge in [0.15, 0.2) is 0 Å². The number of aromatic nitrogens is 1. The highest BCUT2D eigenvalue weighted by Crippen LogP contribution is 2.26.